The molecule has 1 aromatic rings. The Morgan fingerprint density at radius 3 is 3.17 bits per heavy atom. The third kappa shape index (κ3) is 1.99. The number of nitriles is 1. The summed E-state index contributed by atoms with van der Waals surface area (Å²) in [7, 11) is 0. The normalized spacial score (nSPS) is 12.4. The van der Waals surface area contributed by atoms with E-state index in [2.05, 4.69) is 12.0 Å². The number of nitrogens with zero attached hydrogens (tertiary/aromatic N) is 3. The van der Waals surface area contributed by atoms with E-state index in [4.69, 9.17) is 16.9 Å². The highest BCUT2D eigenvalue weighted by molar-refractivity contribution is 6.22. The maximum absolute atomic E-state index is 8.51. The van der Waals surface area contributed by atoms with Crippen LogP contribution in [0.1, 0.15) is 24.3 Å². The van der Waals surface area contributed by atoms with Gasteiger partial charge < -0.3 is 0 Å². The van der Waals surface area contributed by atoms with Gasteiger partial charge in [-0.15, -0.1) is 11.6 Å². The molecule has 12 heavy (non-hydrogen) atoms. The SMILES string of the molecule is CCCn1cc(C(Cl)C#N)cn1. The Hall–Kier alpha value is -1.01. The Morgan fingerprint density at radius 2 is 2.58 bits per heavy atom. The first-order valence-electron chi connectivity index (χ1n) is 3.84. The second-order valence-corrected chi connectivity index (χ2v) is 2.96. The lowest BCUT2D eigenvalue weighted by molar-refractivity contribution is 0.602. The zero-order valence-corrected chi connectivity index (χ0v) is 7.62. The van der Waals surface area contributed by atoms with Gasteiger partial charge in [0.1, 0.15) is 5.38 Å². The van der Waals surface area contributed by atoms with E-state index in [0.29, 0.717) is 0 Å². The predicted molar refractivity (Wildman–Crippen MR) is 46.7 cm³/mol. The van der Waals surface area contributed by atoms with Crippen molar-refractivity contribution >= 4 is 11.6 Å². The fraction of sp³-hybridized carbons (Fsp3) is 0.500. The number of aryl methyl sites for hydroxylation is 1. The molecule has 1 aromatic heterocycles. The molecular weight excluding hydrogens is 174 g/mol. The Morgan fingerprint density at radius 1 is 1.83 bits per heavy atom. The number of hydrogen-bond donors (Lipinski definition) is 0. The third-order valence-corrected chi connectivity index (χ3v) is 1.86. The summed E-state index contributed by atoms with van der Waals surface area (Å²) in [5.74, 6) is 0. The maximum atomic E-state index is 8.51. The monoisotopic (exact) mass is 183 g/mol. The van der Waals surface area contributed by atoms with Crippen LogP contribution in [-0.4, -0.2) is 9.78 Å². The second-order valence-electron chi connectivity index (χ2n) is 2.53. The fourth-order valence-electron chi connectivity index (χ4n) is 0.936. The number of alkyl halides is 1. The average Bonchev–Trinajstić information content (AvgIpc) is 2.52. The molecule has 0 radical (unpaired) electrons. The van der Waals surface area contributed by atoms with Gasteiger partial charge in [-0.25, -0.2) is 0 Å². The van der Waals surface area contributed by atoms with E-state index < -0.39 is 5.38 Å². The molecule has 64 valence electrons. The molecule has 0 fully saturated rings. The third-order valence-electron chi connectivity index (χ3n) is 1.51. The standard InChI is InChI=1S/C8H10ClN3/c1-2-3-12-6-7(5-11-12)8(9)4-10/h5-6,8H,2-3H2,1H3. The van der Waals surface area contributed by atoms with Crippen molar-refractivity contribution < 1.29 is 0 Å². The number of halogens is 1. The van der Waals surface area contributed by atoms with Crippen molar-refractivity contribution in [2.45, 2.75) is 25.3 Å². The largest absolute Gasteiger partial charge is 0.272 e. The summed E-state index contributed by atoms with van der Waals surface area (Å²) >= 11 is 5.69. The van der Waals surface area contributed by atoms with Crippen LogP contribution in [0.4, 0.5) is 0 Å². The summed E-state index contributed by atoms with van der Waals surface area (Å²) in [4.78, 5) is 0. The van der Waals surface area contributed by atoms with Gasteiger partial charge in [0, 0.05) is 18.3 Å². The zero-order valence-electron chi connectivity index (χ0n) is 6.87. The van der Waals surface area contributed by atoms with Crippen molar-refractivity contribution in [2.75, 3.05) is 0 Å². The van der Waals surface area contributed by atoms with Gasteiger partial charge in [-0.3, -0.25) is 4.68 Å². The van der Waals surface area contributed by atoms with Gasteiger partial charge in [0.25, 0.3) is 0 Å². The van der Waals surface area contributed by atoms with Gasteiger partial charge >= 0.3 is 0 Å². The van der Waals surface area contributed by atoms with Crippen LogP contribution in [-0.2, 0) is 6.54 Å². The Labute approximate surface area is 76.6 Å². The molecule has 0 N–H and O–H groups in total. The van der Waals surface area contributed by atoms with Crippen molar-refractivity contribution in [3.05, 3.63) is 18.0 Å². The first-order chi connectivity index (χ1) is 5.77. The average molecular weight is 184 g/mol. The van der Waals surface area contributed by atoms with E-state index >= 15 is 0 Å². The van der Waals surface area contributed by atoms with E-state index in [0.717, 1.165) is 18.5 Å². The molecule has 0 aliphatic rings. The summed E-state index contributed by atoms with van der Waals surface area (Å²) in [6.45, 7) is 2.94. The van der Waals surface area contributed by atoms with Gasteiger partial charge in [-0.05, 0) is 6.42 Å². The molecule has 1 unspecified atom stereocenters. The molecule has 0 aliphatic heterocycles. The molecular formula is C8H10ClN3. The quantitative estimate of drug-likeness (QED) is 0.674. The van der Waals surface area contributed by atoms with Gasteiger partial charge in [-0.1, -0.05) is 6.92 Å². The Kier molecular flexibility index (Phi) is 3.12. The summed E-state index contributed by atoms with van der Waals surface area (Å²) in [5.41, 5.74) is 0.771. The minimum Gasteiger partial charge on any atom is -0.272 e. The number of aromatic nitrogens is 2. The predicted octanol–water partition coefficient (Wildman–Crippen LogP) is 2.10. The van der Waals surface area contributed by atoms with Crippen LogP contribution in [0.2, 0.25) is 0 Å². The van der Waals surface area contributed by atoms with E-state index in [9.17, 15) is 0 Å². The lowest BCUT2D eigenvalue weighted by Crippen LogP contribution is -1.95. The molecule has 1 atom stereocenters. The molecule has 3 nitrogen and oxygen atoms in total. The number of hydrogen-bond acceptors (Lipinski definition) is 2. The van der Waals surface area contributed by atoms with Gasteiger partial charge in [-0.2, -0.15) is 10.4 Å². The van der Waals surface area contributed by atoms with Gasteiger partial charge in [0.15, 0.2) is 0 Å². The van der Waals surface area contributed by atoms with Crippen molar-refractivity contribution in [1.82, 2.24) is 9.78 Å². The van der Waals surface area contributed by atoms with Crippen molar-refractivity contribution in [1.29, 1.82) is 5.26 Å². The van der Waals surface area contributed by atoms with Crippen molar-refractivity contribution in [2.24, 2.45) is 0 Å². The van der Waals surface area contributed by atoms with Crippen LogP contribution < -0.4 is 0 Å². The molecule has 0 aliphatic carbocycles. The van der Waals surface area contributed by atoms with Crippen LogP contribution in [0.15, 0.2) is 12.4 Å². The van der Waals surface area contributed by atoms with Crippen LogP contribution in [0, 0.1) is 11.3 Å². The van der Waals surface area contributed by atoms with Gasteiger partial charge in [0.05, 0.1) is 12.3 Å². The minimum absolute atomic E-state index is 0.574. The number of rotatable bonds is 3. The van der Waals surface area contributed by atoms with Crippen LogP contribution in [0.3, 0.4) is 0 Å². The summed E-state index contributed by atoms with van der Waals surface area (Å²) in [6.07, 6.45) is 4.47. The van der Waals surface area contributed by atoms with Crippen molar-refractivity contribution in [3.8, 4) is 6.07 Å². The molecule has 1 rings (SSSR count). The molecule has 0 aromatic carbocycles. The van der Waals surface area contributed by atoms with E-state index in [1.807, 2.05) is 12.3 Å². The van der Waals surface area contributed by atoms with Crippen LogP contribution in [0.5, 0.6) is 0 Å². The molecule has 0 saturated heterocycles. The first-order valence-corrected chi connectivity index (χ1v) is 4.27. The van der Waals surface area contributed by atoms with E-state index in [1.54, 1.807) is 10.9 Å². The van der Waals surface area contributed by atoms with Gasteiger partial charge in [0.2, 0.25) is 0 Å². The topological polar surface area (TPSA) is 41.6 Å². The lowest BCUT2D eigenvalue weighted by atomic mass is 10.3. The molecule has 4 heteroatoms. The Balaban J connectivity index is 2.71. The van der Waals surface area contributed by atoms with Crippen molar-refractivity contribution in [3.63, 3.8) is 0 Å². The highest BCUT2D eigenvalue weighted by Gasteiger charge is 2.07. The molecule has 0 saturated carbocycles. The summed E-state index contributed by atoms with van der Waals surface area (Å²) in [6, 6.07) is 1.95. The Bertz CT molecular complexity index is 287. The fourth-order valence-corrected chi connectivity index (χ4v) is 1.05. The lowest BCUT2D eigenvalue weighted by Gasteiger charge is -1.95. The first kappa shape index (κ1) is 9.08. The molecule has 0 amide bonds. The van der Waals surface area contributed by atoms with Crippen LogP contribution in [0.25, 0.3) is 0 Å². The van der Waals surface area contributed by atoms with E-state index in [1.165, 1.54) is 0 Å². The highest BCUT2D eigenvalue weighted by Crippen LogP contribution is 2.17. The van der Waals surface area contributed by atoms with E-state index in [-0.39, 0.29) is 0 Å². The zero-order chi connectivity index (χ0) is 8.97. The summed E-state index contributed by atoms with van der Waals surface area (Å²) in [5, 5.41) is 12.0. The molecule has 0 bridgehead atoms. The summed E-state index contributed by atoms with van der Waals surface area (Å²) < 4.78 is 1.79. The second kappa shape index (κ2) is 4.13. The smallest absolute Gasteiger partial charge is 0.148 e. The molecule has 0 spiro atoms. The van der Waals surface area contributed by atoms with Crippen LogP contribution >= 0.6 is 11.6 Å². The maximum Gasteiger partial charge on any atom is 0.148 e. The minimum atomic E-state index is -0.574. The highest BCUT2D eigenvalue weighted by atomic mass is 35.5. The molecule has 1 heterocycles.